The zero-order valence-electron chi connectivity index (χ0n) is 19.2. The number of sulfonamides is 1. The summed E-state index contributed by atoms with van der Waals surface area (Å²) in [5.41, 5.74) is 7.98. The SMILES string of the molecule is Cc1ccc(S(=O)(=O)N2CCN(CC(=O)c3cc(C(N)=O)c(C)n3Cc3cccs3)CC2)cc1. The van der Waals surface area contributed by atoms with Gasteiger partial charge in [0.05, 0.1) is 29.2 Å². The van der Waals surface area contributed by atoms with Gasteiger partial charge in [0.15, 0.2) is 5.78 Å². The molecule has 1 aromatic carbocycles. The Morgan fingerprint density at radius 3 is 2.29 bits per heavy atom. The van der Waals surface area contributed by atoms with Crippen LogP contribution in [-0.2, 0) is 16.6 Å². The Morgan fingerprint density at radius 2 is 1.71 bits per heavy atom. The summed E-state index contributed by atoms with van der Waals surface area (Å²) in [5, 5.41) is 1.97. The van der Waals surface area contributed by atoms with Crippen LogP contribution in [0, 0.1) is 13.8 Å². The summed E-state index contributed by atoms with van der Waals surface area (Å²) in [6.07, 6.45) is 0. The van der Waals surface area contributed by atoms with E-state index < -0.39 is 15.9 Å². The Morgan fingerprint density at radius 1 is 1.03 bits per heavy atom. The van der Waals surface area contributed by atoms with Crippen LogP contribution in [0.5, 0.6) is 0 Å². The molecule has 0 bridgehead atoms. The standard InChI is InChI=1S/C24H28N4O4S2/c1-17-5-7-20(8-6-17)34(31,32)27-11-9-26(10-12-27)16-23(29)22-14-21(24(25)30)18(2)28(22)15-19-4-3-13-33-19/h3-8,13-14H,9-12,15-16H2,1-2H3,(H2,25,30). The first-order valence-corrected chi connectivity index (χ1v) is 13.3. The molecule has 2 N–H and O–H groups in total. The van der Waals surface area contributed by atoms with Crippen molar-refractivity contribution in [3.05, 3.63) is 75.2 Å². The average Bonchev–Trinajstić information content (AvgIpc) is 3.43. The highest BCUT2D eigenvalue weighted by molar-refractivity contribution is 7.89. The van der Waals surface area contributed by atoms with Crippen LogP contribution in [-0.4, -0.2) is 66.6 Å². The van der Waals surface area contributed by atoms with Crippen molar-refractivity contribution in [1.29, 1.82) is 0 Å². The maximum atomic E-state index is 13.2. The van der Waals surface area contributed by atoms with Gasteiger partial charge in [0.1, 0.15) is 0 Å². The van der Waals surface area contributed by atoms with Crippen molar-refractivity contribution in [2.75, 3.05) is 32.7 Å². The molecule has 0 spiro atoms. The monoisotopic (exact) mass is 500 g/mol. The average molecular weight is 501 g/mol. The van der Waals surface area contributed by atoms with Crippen LogP contribution in [0.2, 0.25) is 0 Å². The fourth-order valence-corrected chi connectivity index (χ4v) is 6.27. The minimum atomic E-state index is -3.56. The van der Waals surface area contributed by atoms with Crippen molar-refractivity contribution in [3.8, 4) is 0 Å². The molecule has 1 fully saturated rings. The van der Waals surface area contributed by atoms with E-state index in [4.69, 9.17) is 5.73 Å². The molecule has 4 rings (SSSR count). The van der Waals surface area contributed by atoms with Crippen LogP contribution >= 0.6 is 11.3 Å². The molecule has 1 saturated heterocycles. The van der Waals surface area contributed by atoms with Gasteiger partial charge in [-0.1, -0.05) is 23.8 Å². The van der Waals surface area contributed by atoms with Crippen LogP contribution in [0.4, 0.5) is 0 Å². The number of piperazine rings is 1. The summed E-state index contributed by atoms with van der Waals surface area (Å²) in [7, 11) is -3.56. The minimum absolute atomic E-state index is 0.123. The number of nitrogens with zero attached hydrogens (tertiary/aromatic N) is 3. The molecule has 180 valence electrons. The summed E-state index contributed by atoms with van der Waals surface area (Å²) in [6, 6.07) is 12.3. The van der Waals surface area contributed by atoms with Crippen molar-refractivity contribution in [1.82, 2.24) is 13.8 Å². The van der Waals surface area contributed by atoms with E-state index in [1.807, 2.05) is 33.9 Å². The van der Waals surface area contributed by atoms with E-state index in [-0.39, 0.29) is 17.2 Å². The second-order valence-electron chi connectivity index (χ2n) is 8.47. The van der Waals surface area contributed by atoms with E-state index in [0.29, 0.717) is 49.7 Å². The number of amides is 1. The van der Waals surface area contributed by atoms with Gasteiger partial charge in [-0.15, -0.1) is 11.3 Å². The Bertz CT molecular complexity index is 1290. The molecule has 1 amide bonds. The maximum Gasteiger partial charge on any atom is 0.250 e. The molecule has 0 unspecified atom stereocenters. The van der Waals surface area contributed by atoms with Crippen molar-refractivity contribution in [2.45, 2.75) is 25.3 Å². The van der Waals surface area contributed by atoms with Gasteiger partial charge >= 0.3 is 0 Å². The highest BCUT2D eigenvalue weighted by Crippen LogP contribution is 2.22. The minimum Gasteiger partial charge on any atom is -0.366 e. The third-order valence-electron chi connectivity index (χ3n) is 6.17. The Labute approximate surface area is 203 Å². The lowest BCUT2D eigenvalue weighted by atomic mass is 10.2. The van der Waals surface area contributed by atoms with E-state index in [1.54, 1.807) is 48.6 Å². The lowest BCUT2D eigenvalue weighted by Gasteiger charge is -2.33. The molecule has 2 aromatic heterocycles. The number of carbonyl (C=O) groups excluding carboxylic acids is 2. The first kappa shape index (κ1) is 24.3. The Balaban J connectivity index is 1.45. The van der Waals surface area contributed by atoms with Gasteiger partial charge in [-0.25, -0.2) is 8.42 Å². The van der Waals surface area contributed by atoms with Crippen molar-refractivity contribution >= 4 is 33.1 Å². The number of nitrogens with two attached hydrogens (primary N) is 1. The van der Waals surface area contributed by atoms with Crippen LogP contribution in [0.3, 0.4) is 0 Å². The van der Waals surface area contributed by atoms with E-state index in [2.05, 4.69) is 0 Å². The zero-order valence-corrected chi connectivity index (χ0v) is 20.9. The fraction of sp³-hybridized carbons (Fsp3) is 0.333. The lowest BCUT2D eigenvalue weighted by molar-refractivity contribution is 0.0892. The number of benzene rings is 1. The molecule has 0 radical (unpaired) electrons. The molecule has 10 heteroatoms. The number of primary amides is 1. The molecule has 0 atom stereocenters. The van der Waals surface area contributed by atoms with Gasteiger partial charge in [-0.05, 0) is 43.5 Å². The van der Waals surface area contributed by atoms with Crippen LogP contribution in [0.25, 0.3) is 0 Å². The summed E-state index contributed by atoms with van der Waals surface area (Å²) in [4.78, 5) is 28.4. The number of rotatable bonds is 8. The molecular weight excluding hydrogens is 472 g/mol. The summed E-state index contributed by atoms with van der Waals surface area (Å²) in [6.45, 7) is 5.85. The molecular formula is C24H28N4O4S2. The molecule has 1 aliphatic heterocycles. The number of aromatic nitrogens is 1. The van der Waals surface area contributed by atoms with Gasteiger partial charge in [-0.2, -0.15) is 4.31 Å². The van der Waals surface area contributed by atoms with E-state index >= 15 is 0 Å². The van der Waals surface area contributed by atoms with Gasteiger partial charge < -0.3 is 10.3 Å². The quantitative estimate of drug-likeness (QED) is 0.479. The van der Waals surface area contributed by atoms with Gasteiger partial charge in [-0.3, -0.25) is 14.5 Å². The fourth-order valence-electron chi connectivity index (χ4n) is 4.16. The number of carbonyl (C=O) groups is 2. The first-order chi connectivity index (χ1) is 16.2. The Hall–Kier alpha value is -2.79. The molecule has 0 saturated carbocycles. The number of Topliss-reactive ketones (excluding diaryl/α,β-unsaturated/α-hetero) is 1. The molecule has 3 heterocycles. The first-order valence-electron chi connectivity index (χ1n) is 11.0. The van der Waals surface area contributed by atoms with Crippen molar-refractivity contribution in [2.24, 2.45) is 5.73 Å². The lowest BCUT2D eigenvalue weighted by Crippen LogP contribution is -2.49. The highest BCUT2D eigenvalue weighted by Gasteiger charge is 2.30. The van der Waals surface area contributed by atoms with Gasteiger partial charge in [0, 0.05) is 36.8 Å². The van der Waals surface area contributed by atoms with Crippen LogP contribution in [0.15, 0.2) is 52.7 Å². The topological polar surface area (TPSA) is 106 Å². The maximum absolute atomic E-state index is 13.2. The molecule has 3 aromatic rings. The Kier molecular flexibility index (Phi) is 7.04. The molecule has 1 aliphatic rings. The number of aryl methyl sites for hydroxylation is 1. The normalized spacial score (nSPS) is 15.5. The van der Waals surface area contributed by atoms with Crippen molar-refractivity contribution in [3.63, 3.8) is 0 Å². The van der Waals surface area contributed by atoms with Crippen molar-refractivity contribution < 1.29 is 18.0 Å². The number of thiophene rings is 1. The van der Waals surface area contributed by atoms with E-state index in [0.717, 1.165) is 10.4 Å². The number of ketones is 1. The van der Waals surface area contributed by atoms with E-state index in [9.17, 15) is 18.0 Å². The van der Waals surface area contributed by atoms with Gasteiger partial charge in [0.25, 0.3) is 5.91 Å². The van der Waals surface area contributed by atoms with Crippen LogP contribution < -0.4 is 5.73 Å². The van der Waals surface area contributed by atoms with Crippen LogP contribution in [0.1, 0.15) is 37.0 Å². The largest absolute Gasteiger partial charge is 0.366 e. The summed E-state index contributed by atoms with van der Waals surface area (Å²) < 4.78 is 29.2. The predicted molar refractivity (Wildman–Crippen MR) is 132 cm³/mol. The second kappa shape index (κ2) is 9.83. The third kappa shape index (κ3) is 5.00. The third-order valence-corrected chi connectivity index (χ3v) is 8.94. The number of hydrogen-bond acceptors (Lipinski definition) is 6. The highest BCUT2D eigenvalue weighted by atomic mass is 32.2. The zero-order chi connectivity index (χ0) is 24.5. The smallest absolute Gasteiger partial charge is 0.250 e. The molecule has 8 nitrogen and oxygen atoms in total. The predicted octanol–water partition coefficient (Wildman–Crippen LogP) is 2.50. The second-order valence-corrected chi connectivity index (χ2v) is 11.4. The summed E-state index contributed by atoms with van der Waals surface area (Å²) in [5.74, 6) is -0.687. The summed E-state index contributed by atoms with van der Waals surface area (Å²) >= 11 is 1.58. The van der Waals surface area contributed by atoms with Gasteiger partial charge in [0.2, 0.25) is 10.0 Å². The molecule has 0 aliphatic carbocycles. The van der Waals surface area contributed by atoms with E-state index in [1.165, 1.54) is 4.31 Å². The number of hydrogen-bond donors (Lipinski definition) is 1. The molecule has 34 heavy (non-hydrogen) atoms.